The van der Waals surface area contributed by atoms with Gasteiger partial charge >= 0.3 is 0 Å². The molecule has 0 radical (unpaired) electrons. The standard InChI is InChI=1S/C14H19Cl2NO/c1-5-14(3,4)13(18)17-9(2)11-7-6-10(15)8-12(11)16/h6-9H,5H2,1-4H3,(H,17,18). The van der Waals surface area contributed by atoms with Crippen LogP contribution in [0.1, 0.15) is 45.7 Å². The van der Waals surface area contributed by atoms with Crippen LogP contribution < -0.4 is 5.32 Å². The Bertz CT molecular complexity index is 443. The lowest BCUT2D eigenvalue weighted by Gasteiger charge is -2.25. The van der Waals surface area contributed by atoms with Crippen LogP contribution in [0.3, 0.4) is 0 Å². The highest BCUT2D eigenvalue weighted by Gasteiger charge is 2.26. The second-order valence-electron chi connectivity index (χ2n) is 5.10. The second-order valence-corrected chi connectivity index (χ2v) is 5.94. The van der Waals surface area contributed by atoms with E-state index in [1.54, 1.807) is 12.1 Å². The van der Waals surface area contributed by atoms with Gasteiger partial charge in [0.15, 0.2) is 0 Å². The monoisotopic (exact) mass is 287 g/mol. The van der Waals surface area contributed by atoms with Gasteiger partial charge in [-0.3, -0.25) is 4.79 Å². The first-order valence-electron chi connectivity index (χ1n) is 6.04. The van der Waals surface area contributed by atoms with Crippen molar-refractivity contribution in [2.75, 3.05) is 0 Å². The smallest absolute Gasteiger partial charge is 0.226 e. The summed E-state index contributed by atoms with van der Waals surface area (Å²) in [6.07, 6.45) is 0.792. The van der Waals surface area contributed by atoms with Gasteiger partial charge in [-0.05, 0) is 31.0 Å². The predicted molar refractivity (Wildman–Crippen MR) is 77.1 cm³/mol. The number of halogens is 2. The third-order valence-corrected chi connectivity index (χ3v) is 3.84. The Labute approximate surface area is 119 Å². The lowest BCUT2D eigenvalue weighted by molar-refractivity contribution is -0.130. The molecule has 0 fully saturated rings. The van der Waals surface area contributed by atoms with E-state index in [1.165, 1.54) is 0 Å². The Kier molecular flexibility index (Phi) is 5.06. The summed E-state index contributed by atoms with van der Waals surface area (Å²) in [4.78, 5) is 12.1. The Morgan fingerprint density at radius 1 is 1.39 bits per heavy atom. The Balaban J connectivity index is 2.83. The molecule has 1 amide bonds. The summed E-state index contributed by atoms with van der Waals surface area (Å²) < 4.78 is 0. The average molecular weight is 288 g/mol. The number of benzene rings is 1. The van der Waals surface area contributed by atoms with Crippen molar-refractivity contribution in [3.8, 4) is 0 Å². The van der Waals surface area contributed by atoms with E-state index in [0.717, 1.165) is 12.0 Å². The van der Waals surface area contributed by atoms with E-state index in [9.17, 15) is 4.79 Å². The van der Waals surface area contributed by atoms with E-state index in [-0.39, 0.29) is 17.4 Å². The van der Waals surface area contributed by atoms with Crippen molar-refractivity contribution in [2.24, 2.45) is 5.41 Å². The molecule has 0 bridgehead atoms. The molecule has 100 valence electrons. The third-order valence-electron chi connectivity index (χ3n) is 3.28. The highest BCUT2D eigenvalue weighted by atomic mass is 35.5. The van der Waals surface area contributed by atoms with Gasteiger partial charge in [0.2, 0.25) is 5.91 Å². The van der Waals surface area contributed by atoms with Crippen LogP contribution in [0.4, 0.5) is 0 Å². The van der Waals surface area contributed by atoms with Gasteiger partial charge in [-0.15, -0.1) is 0 Å². The van der Waals surface area contributed by atoms with Crippen LogP contribution in [0, 0.1) is 5.41 Å². The third kappa shape index (κ3) is 3.63. The van der Waals surface area contributed by atoms with E-state index < -0.39 is 0 Å². The van der Waals surface area contributed by atoms with Crippen LogP contribution in [0.15, 0.2) is 18.2 Å². The fourth-order valence-corrected chi connectivity index (χ4v) is 2.06. The molecule has 0 saturated carbocycles. The zero-order valence-electron chi connectivity index (χ0n) is 11.2. The summed E-state index contributed by atoms with van der Waals surface area (Å²) in [5.74, 6) is 0.0310. The van der Waals surface area contributed by atoms with E-state index in [4.69, 9.17) is 23.2 Å². The van der Waals surface area contributed by atoms with Crippen molar-refractivity contribution >= 4 is 29.1 Å². The summed E-state index contributed by atoms with van der Waals surface area (Å²) in [5.41, 5.74) is 0.508. The summed E-state index contributed by atoms with van der Waals surface area (Å²) in [5, 5.41) is 4.15. The minimum absolute atomic E-state index is 0.0310. The van der Waals surface area contributed by atoms with Crippen LogP contribution in [-0.2, 0) is 4.79 Å². The van der Waals surface area contributed by atoms with Crippen molar-refractivity contribution in [1.29, 1.82) is 0 Å². The molecule has 1 atom stereocenters. The highest BCUT2D eigenvalue weighted by molar-refractivity contribution is 6.35. The molecule has 1 N–H and O–H groups in total. The largest absolute Gasteiger partial charge is 0.349 e. The first-order valence-corrected chi connectivity index (χ1v) is 6.79. The van der Waals surface area contributed by atoms with Gasteiger partial charge in [0.25, 0.3) is 0 Å². The normalized spacial score (nSPS) is 13.2. The molecule has 0 aromatic heterocycles. The topological polar surface area (TPSA) is 29.1 Å². The maximum Gasteiger partial charge on any atom is 0.226 e. The molecule has 0 aliphatic carbocycles. The lowest BCUT2D eigenvalue weighted by Crippen LogP contribution is -2.38. The van der Waals surface area contributed by atoms with Gasteiger partial charge in [0, 0.05) is 15.5 Å². The molecule has 2 nitrogen and oxygen atoms in total. The molecule has 1 unspecified atom stereocenters. The fourth-order valence-electron chi connectivity index (χ4n) is 1.48. The van der Waals surface area contributed by atoms with Crippen molar-refractivity contribution in [3.63, 3.8) is 0 Å². The van der Waals surface area contributed by atoms with Crippen LogP contribution in [0.2, 0.25) is 10.0 Å². The van der Waals surface area contributed by atoms with Crippen LogP contribution >= 0.6 is 23.2 Å². The second kappa shape index (κ2) is 5.94. The number of rotatable bonds is 4. The molecule has 1 rings (SSSR count). The Morgan fingerprint density at radius 2 is 2.00 bits per heavy atom. The number of nitrogens with one attached hydrogen (secondary N) is 1. The summed E-state index contributed by atoms with van der Waals surface area (Å²) in [6, 6.07) is 5.17. The van der Waals surface area contributed by atoms with Crippen molar-refractivity contribution in [1.82, 2.24) is 5.32 Å². The minimum atomic E-state index is -0.368. The van der Waals surface area contributed by atoms with Crippen LogP contribution in [0.5, 0.6) is 0 Å². The molecule has 1 aromatic rings. The van der Waals surface area contributed by atoms with Crippen molar-refractivity contribution in [2.45, 2.75) is 40.2 Å². The Morgan fingerprint density at radius 3 is 2.50 bits per heavy atom. The highest BCUT2D eigenvalue weighted by Crippen LogP contribution is 2.27. The Hall–Kier alpha value is -0.730. The molecule has 0 saturated heterocycles. The molecule has 18 heavy (non-hydrogen) atoms. The molecule has 1 aromatic carbocycles. The maximum absolute atomic E-state index is 12.1. The molecule has 0 aliphatic rings. The van der Waals surface area contributed by atoms with E-state index >= 15 is 0 Å². The van der Waals surface area contributed by atoms with Gasteiger partial charge in [-0.1, -0.05) is 50.0 Å². The predicted octanol–water partition coefficient (Wildman–Crippen LogP) is 4.61. The number of hydrogen-bond acceptors (Lipinski definition) is 1. The summed E-state index contributed by atoms with van der Waals surface area (Å²) in [6.45, 7) is 7.77. The molecular weight excluding hydrogens is 269 g/mol. The molecule has 0 aliphatic heterocycles. The zero-order chi connectivity index (χ0) is 13.9. The van der Waals surface area contributed by atoms with Crippen LogP contribution in [0.25, 0.3) is 0 Å². The first-order chi connectivity index (χ1) is 8.27. The van der Waals surface area contributed by atoms with Gasteiger partial charge < -0.3 is 5.32 Å². The molecule has 4 heteroatoms. The van der Waals surface area contributed by atoms with Gasteiger partial charge in [0.1, 0.15) is 0 Å². The first kappa shape index (κ1) is 15.3. The summed E-state index contributed by atoms with van der Waals surface area (Å²) >= 11 is 12.0. The fraction of sp³-hybridized carbons (Fsp3) is 0.500. The van der Waals surface area contributed by atoms with E-state index in [2.05, 4.69) is 5.32 Å². The number of hydrogen-bond donors (Lipinski definition) is 1. The number of amides is 1. The quantitative estimate of drug-likeness (QED) is 0.861. The van der Waals surface area contributed by atoms with Crippen LogP contribution in [-0.4, -0.2) is 5.91 Å². The SMILES string of the molecule is CCC(C)(C)C(=O)NC(C)c1ccc(Cl)cc1Cl. The molecule has 0 spiro atoms. The number of carbonyl (C=O) groups is 1. The van der Waals surface area contributed by atoms with Gasteiger partial charge in [0.05, 0.1) is 6.04 Å². The maximum atomic E-state index is 12.1. The lowest BCUT2D eigenvalue weighted by atomic mass is 9.89. The van der Waals surface area contributed by atoms with Crippen molar-refractivity contribution in [3.05, 3.63) is 33.8 Å². The van der Waals surface area contributed by atoms with Crippen molar-refractivity contribution < 1.29 is 4.79 Å². The van der Waals surface area contributed by atoms with E-state index in [1.807, 2.05) is 33.8 Å². The van der Waals surface area contributed by atoms with E-state index in [0.29, 0.717) is 10.0 Å². The van der Waals surface area contributed by atoms with Gasteiger partial charge in [-0.25, -0.2) is 0 Å². The molecular formula is C14H19Cl2NO. The minimum Gasteiger partial charge on any atom is -0.349 e. The zero-order valence-corrected chi connectivity index (χ0v) is 12.7. The average Bonchev–Trinajstić information content (AvgIpc) is 2.28. The summed E-state index contributed by atoms with van der Waals surface area (Å²) in [7, 11) is 0. The molecule has 0 heterocycles. The van der Waals surface area contributed by atoms with Gasteiger partial charge in [-0.2, -0.15) is 0 Å². The number of carbonyl (C=O) groups excluding carboxylic acids is 1.